The number of benzene rings is 1. The van der Waals surface area contributed by atoms with E-state index in [1.165, 1.54) is 173 Å². The normalized spacial score (nSPS) is 11.8. The van der Waals surface area contributed by atoms with E-state index in [0.29, 0.717) is 0 Å². The monoisotopic (exact) mass is 631 g/mol. The first-order valence-electron chi connectivity index (χ1n) is 20.1. The van der Waals surface area contributed by atoms with Gasteiger partial charge in [-0.1, -0.05) is 181 Å². The SMILES string of the molecule is CCCCCCCCCCCCCCCCOc1cc(C[N+](C)(C)C)cc(OCCCCCCCCCCCCCCCC)c1. The van der Waals surface area contributed by atoms with E-state index in [2.05, 4.69) is 53.2 Å². The highest BCUT2D eigenvalue weighted by molar-refractivity contribution is 5.38. The van der Waals surface area contributed by atoms with E-state index < -0.39 is 0 Å². The molecule has 0 amide bonds. The summed E-state index contributed by atoms with van der Waals surface area (Å²) in [7, 11) is 6.74. The smallest absolute Gasteiger partial charge is 0.123 e. The highest BCUT2D eigenvalue weighted by Gasteiger charge is 2.12. The van der Waals surface area contributed by atoms with Gasteiger partial charge in [0.2, 0.25) is 0 Å². The molecule has 0 aliphatic carbocycles. The average molecular weight is 631 g/mol. The fraction of sp³-hybridized carbons (Fsp3) is 0.857. The van der Waals surface area contributed by atoms with Crippen molar-refractivity contribution in [1.29, 1.82) is 0 Å². The lowest BCUT2D eigenvalue weighted by molar-refractivity contribution is -0.884. The zero-order valence-corrected chi connectivity index (χ0v) is 31.4. The van der Waals surface area contributed by atoms with Gasteiger partial charge < -0.3 is 14.0 Å². The summed E-state index contributed by atoms with van der Waals surface area (Å²) in [6.45, 7) is 7.19. The van der Waals surface area contributed by atoms with Gasteiger partial charge in [-0.2, -0.15) is 0 Å². The molecule has 0 bridgehead atoms. The molecule has 0 aliphatic heterocycles. The van der Waals surface area contributed by atoms with Gasteiger partial charge in [0, 0.05) is 11.6 Å². The van der Waals surface area contributed by atoms with Crippen LogP contribution in [0.25, 0.3) is 0 Å². The highest BCUT2D eigenvalue weighted by atomic mass is 16.5. The summed E-state index contributed by atoms with van der Waals surface area (Å²) in [5.74, 6) is 1.96. The molecule has 1 rings (SSSR count). The van der Waals surface area contributed by atoms with Crippen LogP contribution in [0.2, 0.25) is 0 Å². The van der Waals surface area contributed by atoms with Crippen molar-refractivity contribution in [3.63, 3.8) is 0 Å². The van der Waals surface area contributed by atoms with Crippen LogP contribution in [0.1, 0.15) is 199 Å². The van der Waals surface area contributed by atoms with Crippen molar-refractivity contribution in [3.8, 4) is 11.5 Å². The van der Waals surface area contributed by atoms with Gasteiger partial charge in [-0.15, -0.1) is 0 Å². The Hall–Kier alpha value is -1.22. The van der Waals surface area contributed by atoms with E-state index in [0.717, 1.165) is 48.6 Å². The summed E-state index contributed by atoms with van der Waals surface area (Å²) in [4.78, 5) is 0. The van der Waals surface area contributed by atoms with Gasteiger partial charge in [0.1, 0.15) is 18.0 Å². The Morgan fingerprint density at radius 1 is 0.378 bits per heavy atom. The predicted molar refractivity (Wildman–Crippen MR) is 200 cm³/mol. The Morgan fingerprint density at radius 3 is 0.911 bits per heavy atom. The summed E-state index contributed by atoms with van der Waals surface area (Å²) in [5, 5.41) is 0. The number of quaternary nitrogens is 1. The van der Waals surface area contributed by atoms with E-state index in [1.54, 1.807) is 0 Å². The second kappa shape index (κ2) is 30.1. The number of hydrogen-bond acceptors (Lipinski definition) is 2. The molecular formula is C42H80NO2+. The Bertz CT molecular complexity index is 703. The van der Waals surface area contributed by atoms with Gasteiger partial charge in [0.05, 0.1) is 34.4 Å². The Labute approximate surface area is 283 Å². The fourth-order valence-corrected chi connectivity index (χ4v) is 6.41. The second-order valence-corrected chi connectivity index (χ2v) is 15.2. The van der Waals surface area contributed by atoms with E-state index in [-0.39, 0.29) is 0 Å². The molecule has 0 aliphatic rings. The fourth-order valence-electron chi connectivity index (χ4n) is 6.41. The first kappa shape index (κ1) is 41.8. The lowest BCUT2D eigenvalue weighted by atomic mass is 10.0. The van der Waals surface area contributed by atoms with Gasteiger partial charge in [-0.25, -0.2) is 0 Å². The highest BCUT2D eigenvalue weighted by Crippen LogP contribution is 2.25. The predicted octanol–water partition coefficient (Wildman–Crippen LogP) is 13.6. The Kier molecular flexibility index (Phi) is 28.0. The van der Waals surface area contributed by atoms with Gasteiger partial charge in [-0.3, -0.25) is 0 Å². The molecule has 264 valence electrons. The molecule has 45 heavy (non-hydrogen) atoms. The first-order valence-corrected chi connectivity index (χ1v) is 20.1. The van der Waals surface area contributed by atoms with Crippen LogP contribution in [-0.2, 0) is 6.54 Å². The molecule has 0 fully saturated rings. The number of hydrogen-bond donors (Lipinski definition) is 0. The molecule has 0 saturated heterocycles. The molecule has 0 spiro atoms. The molecular weight excluding hydrogens is 550 g/mol. The average Bonchev–Trinajstić information content (AvgIpc) is 3.00. The maximum absolute atomic E-state index is 6.25. The zero-order valence-electron chi connectivity index (χ0n) is 31.4. The largest absolute Gasteiger partial charge is 0.493 e. The summed E-state index contributed by atoms with van der Waals surface area (Å²) in [5.41, 5.74) is 1.30. The Balaban J connectivity index is 2.15. The quantitative estimate of drug-likeness (QED) is 0.0557. The molecule has 0 heterocycles. The van der Waals surface area contributed by atoms with Gasteiger partial charge in [-0.05, 0) is 25.0 Å². The minimum absolute atomic E-state index is 0.810. The molecule has 0 atom stereocenters. The first-order chi connectivity index (χ1) is 21.9. The number of unbranched alkanes of at least 4 members (excludes halogenated alkanes) is 26. The molecule has 1 aromatic carbocycles. The van der Waals surface area contributed by atoms with Crippen molar-refractivity contribution in [2.45, 2.75) is 200 Å². The standard InChI is InChI=1S/C42H80NO2/c1-6-8-10-12-14-16-18-20-22-24-26-28-30-32-34-44-41-36-40(39-43(3,4)5)37-42(38-41)45-35-33-31-29-27-25-23-21-19-17-15-13-11-9-7-2/h36-38H,6-35,39H2,1-5H3/q+1. The third kappa shape index (κ3) is 28.7. The second-order valence-electron chi connectivity index (χ2n) is 15.2. The summed E-state index contributed by atoms with van der Waals surface area (Å²) in [6.07, 6.45) is 38.8. The van der Waals surface area contributed by atoms with E-state index in [4.69, 9.17) is 9.47 Å². The van der Waals surface area contributed by atoms with Crippen LogP contribution in [0.15, 0.2) is 18.2 Å². The van der Waals surface area contributed by atoms with Crippen LogP contribution in [-0.4, -0.2) is 38.8 Å². The molecule has 0 saturated carbocycles. The molecule has 0 unspecified atom stereocenters. The van der Waals surface area contributed by atoms with Gasteiger partial charge >= 0.3 is 0 Å². The van der Waals surface area contributed by atoms with Crippen molar-refractivity contribution in [2.75, 3.05) is 34.4 Å². The lowest BCUT2D eigenvalue weighted by Crippen LogP contribution is -2.33. The lowest BCUT2D eigenvalue weighted by Gasteiger charge is -2.24. The Morgan fingerprint density at radius 2 is 0.644 bits per heavy atom. The third-order valence-corrected chi connectivity index (χ3v) is 9.13. The van der Waals surface area contributed by atoms with Crippen LogP contribution < -0.4 is 9.47 Å². The van der Waals surface area contributed by atoms with E-state index >= 15 is 0 Å². The van der Waals surface area contributed by atoms with Crippen molar-refractivity contribution in [1.82, 2.24) is 0 Å². The van der Waals surface area contributed by atoms with Crippen molar-refractivity contribution in [3.05, 3.63) is 23.8 Å². The molecule has 3 nitrogen and oxygen atoms in total. The minimum atomic E-state index is 0.810. The maximum atomic E-state index is 6.25. The third-order valence-electron chi connectivity index (χ3n) is 9.13. The van der Waals surface area contributed by atoms with Crippen molar-refractivity contribution in [2.24, 2.45) is 0 Å². The number of ether oxygens (including phenoxy) is 2. The van der Waals surface area contributed by atoms with Gasteiger partial charge in [0.15, 0.2) is 0 Å². The molecule has 0 aromatic heterocycles. The summed E-state index contributed by atoms with van der Waals surface area (Å²) < 4.78 is 13.4. The maximum Gasteiger partial charge on any atom is 0.123 e. The summed E-state index contributed by atoms with van der Waals surface area (Å²) >= 11 is 0. The van der Waals surface area contributed by atoms with Crippen LogP contribution in [0, 0.1) is 0 Å². The molecule has 0 N–H and O–H groups in total. The number of nitrogens with zero attached hydrogens (tertiary/aromatic N) is 1. The van der Waals surface area contributed by atoms with Gasteiger partial charge in [0.25, 0.3) is 0 Å². The van der Waals surface area contributed by atoms with E-state index in [9.17, 15) is 0 Å². The number of rotatable bonds is 34. The van der Waals surface area contributed by atoms with Crippen LogP contribution in [0.4, 0.5) is 0 Å². The van der Waals surface area contributed by atoms with Crippen molar-refractivity contribution < 1.29 is 14.0 Å². The molecule has 0 radical (unpaired) electrons. The van der Waals surface area contributed by atoms with Crippen LogP contribution in [0.5, 0.6) is 11.5 Å². The topological polar surface area (TPSA) is 18.5 Å². The minimum Gasteiger partial charge on any atom is -0.493 e. The van der Waals surface area contributed by atoms with Crippen molar-refractivity contribution >= 4 is 0 Å². The van der Waals surface area contributed by atoms with Crippen LogP contribution >= 0.6 is 0 Å². The van der Waals surface area contributed by atoms with E-state index in [1.807, 2.05) is 0 Å². The summed E-state index contributed by atoms with van der Waals surface area (Å²) in [6, 6.07) is 6.58. The molecule has 1 aromatic rings. The zero-order chi connectivity index (χ0) is 32.7. The van der Waals surface area contributed by atoms with Crippen LogP contribution in [0.3, 0.4) is 0 Å². The molecule has 3 heteroatoms.